The fourth-order valence-corrected chi connectivity index (χ4v) is 2.71. The number of rotatable bonds is 6. The minimum Gasteiger partial charge on any atom is -0.489 e. The summed E-state index contributed by atoms with van der Waals surface area (Å²) in [6.45, 7) is 3.64. The van der Waals surface area contributed by atoms with Gasteiger partial charge in [0, 0.05) is 17.1 Å². The molecule has 0 aromatic heterocycles. The van der Waals surface area contributed by atoms with E-state index < -0.39 is 0 Å². The van der Waals surface area contributed by atoms with Gasteiger partial charge in [0.15, 0.2) is 0 Å². The Labute approximate surface area is 134 Å². The number of ether oxygens (including phenoxy) is 1. The largest absolute Gasteiger partial charge is 0.489 e. The van der Waals surface area contributed by atoms with Crippen LogP contribution < -0.4 is 10.1 Å². The predicted molar refractivity (Wildman–Crippen MR) is 89.5 cm³/mol. The molecule has 1 fully saturated rings. The monoisotopic (exact) mass is 345 g/mol. The second kappa shape index (κ2) is 6.63. The quantitative estimate of drug-likeness (QED) is 0.826. The average Bonchev–Trinajstić information content (AvgIpc) is 3.30. The van der Waals surface area contributed by atoms with Gasteiger partial charge in [-0.05, 0) is 54.7 Å². The molecule has 21 heavy (non-hydrogen) atoms. The molecule has 0 radical (unpaired) electrons. The minimum atomic E-state index is 0.610. The van der Waals surface area contributed by atoms with Crippen molar-refractivity contribution in [3.63, 3.8) is 0 Å². The van der Waals surface area contributed by atoms with E-state index in [1.165, 1.54) is 24.0 Å². The van der Waals surface area contributed by atoms with Crippen molar-refractivity contribution in [2.75, 3.05) is 0 Å². The normalized spacial score (nSPS) is 14.2. The van der Waals surface area contributed by atoms with E-state index in [9.17, 15) is 0 Å². The van der Waals surface area contributed by atoms with E-state index >= 15 is 0 Å². The molecule has 2 aromatic carbocycles. The summed E-state index contributed by atoms with van der Waals surface area (Å²) in [4.78, 5) is 0. The highest BCUT2D eigenvalue weighted by atomic mass is 79.9. The summed E-state index contributed by atoms with van der Waals surface area (Å²) in [5, 5.41) is 3.53. The van der Waals surface area contributed by atoms with Gasteiger partial charge in [0.05, 0.1) is 0 Å². The highest BCUT2D eigenvalue weighted by Crippen LogP contribution is 2.23. The van der Waals surface area contributed by atoms with E-state index in [1.54, 1.807) is 0 Å². The van der Waals surface area contributed by atoms with Gasteiger partial charge in [-0.15, -0.1) is 0 Å². The Bertz CT molecular complexity index is 605. The van der Waals surface area contributed by atoms with Crippen molar-refractivity contribution < 1.29 is 4.74 Å². The molecule has 0 heterocycles. The molecule has 2 aromatic rings. The first-order valence-electron chi connectivity index (χ1n) is 7.41. The van der Waals surface area contributed by atoms with Crippen LogP contribution in [0.25, 0.3) is 0 Å². The van der Waals surface area contributed by atoms with Crippen molar-refractivity contribution in [3.8, 4) is 5.75 Å². The Morgan fingerprint density at radius 2 is 1.81 bits per heavy atom. The van der Waals surface area contributed by atoms with Crippen molar-refractivity contribution in [2.24, 2.45) is 0 Å². The van der Waals surface area contributed by atoms with Crippen LogP contribution >= 0.6 is 15.9 Å². The summed E-state index contributed by atoms with van der Waals surface area (Å²) in [7, 11) is 0. The van der Waals surface area contributed by atoms with E-state index in [1.807, 2.05) is 12.1 Å². The first-order valence-corrected chi connectivity index (χ1v) is 8.20. The number of hydrogen-bond donors (Lipinski definition) is 1. The van der Waals surface area contributed by atoms with Crippen LogP contribution in [0.4, 0.5) is 0 Å². The van der Waals surface area contributed by atoms with Gasteiger partial charge in [-0.1, -0.05) is 40.2 Å². The van der Waals surface area contributed by atoms with Gasteiger partial charge in [0.1, 0.15) is 12.4 Å². The molecule has 0 saturated heterocycles. The summed E-state index contributed by atoms with van der Waals surface area (Å²) < 4.78 is 6.97. The first kappa shape index (κ1) is 14.6. The summed E-state index contributed by atoms with van der Waals surface area (Å²) in [6, 6.07) is 15.5. The molecule has 0 atom stereocenters. The smallest absolute Gasteiger partial charge is 0.122 e. The summed E-state index contributed by atoms with van der Waals surface area (Å²) in [5.74, 6) is 0.942. The van der Waals surface area contributed by atoms with Crippen molar-refractivity contribution in [1.29, 1.82) is 0 Å². The fourth-order valence-electron chi connectivity index (χ4n) is 2.24. The molecule has 1 aliphatic carbocycles. The van der Waals surface area contributed by atoms with Gasteiger partial charge < -0.3 is 10.1 Å². The molecule has 0 unspecified atom stereocenters. The van der Waals surface area contributed by atoms with Crippen molar-refractivity contribution in [3.05, 3.63) is 63.6 Å². The van der Waals surface area contributed by atoms with Crippen molar-refractivity contribution in [2.45, 2.75) is 39.0 Å². The molecule has 3 rings (SSSR count). The number of hydrogen-bond acceptors (Lipinski definition) is 2. The Morgan fingerprint density at radius 3 is 2.48 bits per heavy atom. The number of halogens is 1. The Morgan fingerprint density at radius 1 is 1.10 bits per heavy atom. The Kier molecular flexibility index (Phi) is 4.61. The zero-order valence-corrected chi connectivity index (χ0v) is 13.8. The van der Waals surface area contributed by atoms with Gasteiger partial charge in [-0.2, -0.15) is 0 Å². The number of nitrogens with one attached hydrogen (secondary N) is 1. The lowest BCUT2D eigenvalue weighted by Gasteiger charge is -2.10. The third-order valence-corrected chi connectivity index (χ3v) is 4.22. The fraction of sp³-hybridized carbons (Fsp3) is 0.333. The molecular formula is C18H20BrNO. The number of aryl methyl sites for hydroxylation is 1. The van der Waals surface area contributed by atoms with Crippen LogP contribution in [0.3, 0.4) is 0 Å². The van der Waals surface area contributed by atoms with Gasteiger partial charge in [-0.3, -0.25) is 0 Å². The molecule has 0 amide bonds. The summed E-state index contributed by atoms with van der Waals surface area (Å²) in [6.07, 6.45) is 2.66. The molecule has 3 heteroatoms. The minimum absolute atomic E-state index is 0.610. The van der Waals surface area contributed by atoms with Crippen LogP contribution in [0.2, 0.25) is 0 Å². The number of benzene rings is 2. The lowest BCUT2D eigenvalue weighted by Crippen LogP contribution is -2.15. The van der Waals surface area contributed by atoms with Gasteiger partial charge in [-0.25, -0.2) is 0 Å². The maximum Gasteiger partial charge on any atom is 0.122 e. The van der Waals surface area contributed by atoms with Crippen molar-refractivity contribution >= 4 is 15.9 Å². The van der Waals surface area contributed by atoms with Crippen LogP contribution in [0.1, 0.15) is 29.5 Å². The molecule has 110 valence electrons. The topological polar surface area (TPSA) is 21.3 Å². The lowest BCUT2D eigenvalue weighted by molar-refractivity contribution is 0.304. The van der Waals surface area contributed by atoms with Crippen LogP contribution in [0.5, 0.6) is 5.75 Å². The van der Waals surface area contributed by atoms with E-state index in [0.717, 1.165) is 28.4 Å². The molecular weight excluding hydrogens is 326 g/mol. The third-order valence-electron chi connectivity index (χ3n) is 3.73. The maximum absolute atomic E-state index is 5.89. The van der Waals surface area contributed by atoms with Crippen LogP contribution in [0.15, 0.2) is 46.9 Å². The molecule has 0 aliphatic heterocycles. The molecule has 1 N–H and O–H groups in total. The predicted octanol–water partition coefficient (Wildman–Crippen LogP) is 4.59. The van der Waals surface area contributed by atoms with Gasteiger partial charge in [0.2, 0.25) is 0 Å². The van der Waals surface area contributed by atoms with E-state index in [-0.39, 0.29) is 0 Å². The maximum atomic E-state index is 5.89. The first-order chi connectivity index (χ1) is 10.2. The van der Waals surface area contributed by atoms with Crippen LogP contribution in [-0.4, -0.2) is 6.04 Å². The molecule has 0 spiro atoms. The second-order valence-corrected chi connectivity index (χ2v) is 6.59. The van der Waals surface area contributed by atoms with E-state index in [2.05, 4.69) is 58.5 Å². The van der Waals surface area contributed by atoms with E-state index in [0.29, 0.717) is 6.61 Å². The third kappa shape index (κ3) is 4.32. The molecule has 1 saturated carbocycles. The lowest BCUT2D eigenvalue weighted by atomic mass is 10.1. The van der Waals surface area contributed by atoms with Gasteiger partial charge in [0.25, 0.3) is 0 Å². The highest BCUT2D eigenvalue weighted by Gasteiger charge is 2.19. The Hall–Kier alpha value is -1.32. The standard InChI is InChI=1S/C18H20BrNO/c1-13-10-16(19)6-9-18(13)21-12-15-4-2-14(3-5-15)11-20-17-7-8-17/h2-6,9-10,17,20H,7-8,11-12H2,1H3. The van der Waals surface area contributed by atoms with Crippen LogP contribution in [-0.2, 0) is 13.2 Å². The Balaban J connectivity index is 1.54. The zero-order valence-electron chi connectivity index (χ0n) is 12.2. The summed E-state index contributed by atoms with van der Waals surface area (Å²) >= 11 is 3.47. The van der Waals surface area contributed by atoms with Gasteiger partial charge >= 0.3 is 0 Å². The molecule has 1 aliphatic rings. The average molecular weight is 346 g/mol. The zero-order chi connectivity index (χ0) is 14.7. The van der Waals surface area contributed by atoms with E-state index in [4.69, 9.17) is 4.74 Å². The SMILES string of the molecule is Cc1cc(Br)ccc1OCc1ccc(CNC2CC2)cc1. The van der Waals surface area contributed by atoms with Crippen LogP contribution in [0, 0.1) is 6.92 Å². The molecule has 0 bridgehead atoms. The van der Waals surface area contributed by atoms with Crippen molar-refractivity contribution in [1.82, 2.24) is 5.32 Å². The second-order valence-electron chi connectivity index (χ2n) is 5.67. The highest BCUT2D eigenvalue weighted by molar-refractivity contribution is 9.10. The summed E-state index contributed by atoms with van der Waals surface area (Å²) in [5.41, 5.74) is 3.69. The molecule has 2 nitrogen and oxygen atoms in total.